The molecular weight excluding hydrogens is 128 g/mol. The van der Waals surface area contributed by atoms with E-state index in [1.54, 1.807) is 6.20 Å². The Morgan fingerprint density at radius 2 is 2.60 bits per heavy atom. The lowest BCUT2D eigenvalue weighted by molar-refractivity contribution is 0.288. The van der Waals surface area contributed by atoms with Crippen LogP contribution < -0.4 is 4.74 Å². The molecule has 0 saturated heterocycles. The number of hydrogen-bond donors (Lipinski definition) is 1. The average Bonchev–Trinajstić information content (AvgIpc) is 2.63. The minimum absolute atomic E-state index is 0.784. The zero-order chi connectivity index (χ0) is 6.81. The first-order valence-electron chi connectivity index (χ1n) is 3.57. The van der Waals surface area contributed by atoms with Crippen LogP contribution in [0.15, 0.2) is 12.3 Å². The van der Waals surface area contributed by atoms with Crippen molar-refractivity contribution >= 4 is 0 Å². The van der Waals surface area contributed by atoms with Gasteiger partial charge in [-0.25, -0.2) is 5.10 Å². The maximum Gasteiger partial charge on any atom is 0.209 e. The van der Waals surface area contributed by atoms with E-state index in [2.05, 4.69) is 10.2 Å². The number of hydrogen-bond acceptors (Lipinski definition) is 2. The van der Waals surface area contributed by atoms with Crippen LogP contribution in [0.3, 0.4) is 0 Å². The molecule has 1 aliphatic rings. The van der Waals surface area contributed by atoms with Crippen LogP contribution in [-0.4, -0.2) is 16.8 Å². The summed E-state index contributed by atoms with van der Waals surface area (Å²) in [4.78, 5) is 0. The fourth-order valence-electron chi connectivity index (χ4n) is 0.816. The third kappa shape index (κ3) is 1.29. The van der Waals surface area contributed by atoms with Gasteiger partial charge < -0.3 is 4.74 Å². The highest BCUT2D eigenvalue weighted by molar-refractivity contribution is 5.04. The average molecular weight is 138 g/mol. The van der Waals surface area contributed by atoms with Crippen molar-refractivity contribution in [2.75, 3.05) is 6.61 Å². The molecule has 1 N–H and O–H groups in total. The molecule has 0 atom stereocenters. The van der Waals surface area contributed by atoms with Crippen molar-refractivity contribution in [3.05, 3.63) is 12.3 Å². The van der Waals surface area contributed by atoms with E-state index in [1.807, 2.05) is 6.07 Å². The normalized spacial score (nSPS) is 17.2. The minimum Gasteiger partial charge on any atom is -0.478 e. The predicted octanol–water partition coefficient (Wildman–Crippen LogP) is 1.20. The first kappa shape index (κ1) is 5.77. The largest absolute Gasteiger partial charge is 0.478 e. The van der Waals surface area contributed by atoms with Gasteiger partial charge in [0.05, 0.1) is 12.8 Å². The topological polar surface area (TPSA) is 37.9 Å². The Morgan fingerprint density at radius 1 is 1.70 bits per heavy atom. The van der Waals surface area contributed by atoms with Crippen molar-refractivity contribution in [1.29, 1.82) is 0 Å². The Labute approximate surface area is 59.4 Å². The van der Waals surface area contributed by atoms with E-state index >= 15 is 0 Å². The quantitative estimate of drug-likeness (QED) is 0.681. The van der Waals surface area contributed by atoms with Crippen molar-refractivity contribution in [1.82, 2.24) is 10.2 Å². The number of aromatic nitrogens is 2. The molecule has 1 aliphatic carbocycles. The van der Waals surface area contributed by atoms with Crippen LogP contribution in [0.25, 0.3) is 0 Å². The van der Waals surface area contributed by atoms with E-state index in [1.165, 1.54) is 12.8 Å². The van der Waals surface area contributed by atoms with Crippen LogP contribution in [0.2, 0.25) is 0 Å². The summed E-state index contributed by atoms with van der Waals surface area (Å²) in [6.45, 7) is 0.849. The van der Waals surface area contributed by atoms with Gasteiger partial charge in [-0.2, -0.15) is 5.10 Å². The van der Waals surface area contributed by atoms with Gasteiger partial charge in [-0.3, -0.25) is 0 Å². The van der Waals surface area contributed by atoms with Crippen LogP contribution in [0, 0.1) is 5.92 Å². The van der Waals surface area contributed by atoms with E-state index in [0.717, 1.165) is 18.4 Å². The van der Waals surface area contributed by atoms with Crippen molar-refractivity contribution in [3.63, 3.8) is 0 Å². The molecule has 0 aromatic carbocycles. The number of H-pyrrole nitrogens is 1. The van der Waals surface area contributed by atoms with Crippen LogP contribution in [0.1, 0.15) is 12.8 Å². The Kier molecular flexibility index (Phi) is 1.34. The molecular formula is C7H10N2O. The van der Waals surface area contributed by atoms with Crippen LogP contribution in [-0.2, 0) is 0 Å². The van der Waals surface area contributed by atoms with Gasteiger partial charge in [0, 0.05) is 6.07 Å². The molecule has 0 spiro atoms. The minimum atomic E-state index is 0.784. The summed E-state index contributed by atoms with van der Waals surface area (Å²) in [5.74, 6) is 1.59. The van der Waals surface area contributed by atoms with Gasteiger partial charge in [0.2, 0.25) is 5.88 Å². The number of rotatable bonds is 3. The van der Waals surface area contributed by atoms with E-state index in [-0.39, 0.29) is 0 Å². The summed E-state index contributed by atoms with van der Waals surface area (Å²) in [6, 6.07) is 1.84. The van der Waals surface area contributed by atoms with E-state index in [4.69, 9.17) is 4.74 Å². The lowest BCUT2D eigenvalue weighted by Gasteiger charge is -1.98. The molecule has 54 valence electrons. The molecule has 3 nitrogen and oxygen atoms in total. The second-order valence-electron chi connectivity index (χ2n) is 2.68. The van der Waals surface area contributed by atoms with Crippen molar-refractivity contribution in [2.45, 2.75) is 12.8 Å². The second-order valence-corrected chi connectivity index (χ2v) is 2.68. The molecule has 1 heterocycles. The van der Waals surface area contributed by atoms with Crippen molar-refractivity contribution < 1.29 is 4.74 Å². The SMILES string of the molecule is c1cc(OCC2CC2)[nH]n1. The van der Waals surface area contributed by atoms with Gasteiger partial charge >= 0.3 is 0 Å². The highest BCUT2D eigenvalue weighted by Gasteiger charge is 2.21. The van der Waals surface area contributed by atoms with E-state index in [9.17, 15) is 0 Å². The highest BCUT2D eigenvalue weighted by atomic mass is 16.5. The summed E-state index contributed by atoms with van der Waals surface area (Å²) < 4.78 is 5.35. The lowest BCUT2D eigenvalue weighted by atomic mass is 10.5. The van der Waals surface area contributed by atoms with E-state index < -0.39 is 0 Å². The first-order chi connectivity index (χ1) is 4.95. The van der Waals surface area contributed by atoms with Gasteiger partial charge in [-0.1, -0.05) is 0 Å². The smallest absolute Gasteiger partial charge is 0.209 e. The number of ether oxygens (including phenoxy) is 1. The zero-order valence-corrected chi connectivity index (χ0v) is 5.71. The maximum absolute atomic E-state index is 5.35. The Bertz CT molecular complexity index is 191. The van der Waals surface area contributed by atoms with Gasteiger partial charge in [-0.05, 0) is 18.8 Å². The molecule has 1 aromatic rings. The van der Waals surface area contributed by atoms with Gasteiger partial charge in [0.25, 0.3) is 0 Å². The monoisotopic (exact) mass is 138 g/mol. The fraction of sp³-hybridized carbons (Fsp3) is 0.571. The standard InChI is InChI=1S/C7H10N2O/c1-2-6(1)5-10-7-3-4-8-9-7/h3-4,6H,1-2,5H2,(H,8,9). The lowest BCUT2D eigenvalue weighted by Crippen LogP contribution is -1.98. The Morgan fingerprint density at radius 3 is 3.20 bits per heavy atom. The van der Waals surface area contributed by atoms with Crippen molar-refractivity contribution in [2.24, 2.45) is 5.92 Å². The zero-order valence-electron chi connectivity index (χ0n) is 5.71. The fourth-order valence-corrected chi connectivity index (χ4v) is 0.816. The van der Waals surface area contributed by atoms with Crippen molar-refractivity contribution in [3.8, 4) is 5.88 Å². The molecule has 3 heteroatoms. The van der Waals surface area contributed by atoms with Crippen LogP contribution in [0.5, 0.6) is 5.88 Å². The number of nitrogens with one attached hydrogen (secondary N) is 1. The van der Waals surface area contributed by atoms with Gasteiger partial charge in [-0.15, -0.1) is 0 Å². The molecule has 1 saturated carbocycles. The predicted molar refractivity (Wildman–Crippen MR) is 36.8 cm³/mol. The summed E-state index contributed by atoms with van der Waals surface area (Å²) >= 11 is 0. The van der Waals surface area contributed by atoms with Gasteiger partial charge in [0.15, 0.2) is 0 Å². The molecule has 10 heavy (non-hydrogen) atoms. The molecule has 1 aromatic heterocycles. The third-order valence-corrected chi connectivity index (χ3v) is 1.65. The highest BCUT2D eigenvalue weighted by Crippen LogP contribution is 2.28. The van der Waals surface area contributed by atoms with E-state index in [0.29, 0.717) is 0 Å². The summed E-state index contributed by atoms with van der Waals surface area (Å²) in [5.41, 5.74) is 0. The summed E-state index contributed by atoms with van der Waals surface area (Å²) in [5, 5.41) is 6.52. The molecule has 1 fully saturated rings. The molecule has 2 rings (SSSR count). The summed E-state index contributed by atoms with van der Waals surface area (Å²) in [7, 11) is 0. The Hall–Kier alpha value is -0.990. The van der Waals surface area contributed by atoms with Crippen LogP contribution in [0.4, 0.5) is 0 Å². The maximum atomic E-state index is 5.35. The third-order valence-electron chi connectivity index (χ3n) is 1.65. The molecule has 0 bridgehead atoms. The van der Waals surface area contributed by atoms with Gasteiger partial charge in [0.1, 0.15) is 0 Å². The second kappa shape index (κ2) is 2.33. The molecule has 0 radical (unpaired) electrons. The molecule has 0 aliphatic heterocycles. The summed E-state index contributed by atoms with van der Waals surface area (Å²) in [6.07, 6.45) is 4.35. The van der Waals surface area contributed by atoms with Crippen LogP contribution >= 0.6 is 0 Å². The Balaban J connectivity index is 1.79. The molecule has 0 amide bonds. The first-order valence-corrected chi connectivity index (χ1v) is 3.57. The number of aromatic amines is 1. The number of nitrogens with zero attached hydrogens (tertiary/aromatic N) is 1. The molecule has 0 unspecified atom stereocenters.